The predicted octanol–water partition coefficient (Wildman–Crippen LogP) is 1.08. The van der Waals surface area contributed by atoms with Gasteiger partial charge in [-0.15, -0.1) is 0 Å². The summed E-state index contributed by atoms with van der Waals surface area (Å²) in [5, 5.41) is 16.8. The van der Waals surface area contributed by atoms with Crippen molar-refractivity contribution in [2.75, 3.05) is 6.61 Å². The van der Waals surface area contributed by atoms with Gasteiger partial charge in [-0.1, -0.05) is 6.92 Å². The van der Waals surface area contributed by atoms with Crippen LogP contribution in [0.15, 0.2) is 11.8 Å². The van der Waals surface area contributed by atoms with Crippen LogP contribution in [0.5, 0.6) is 0 Å². The van der Waals surface area contributed by atoms with Crippen molar-refractivity contribution in [3.63, 3.8) is 0 Å². The summed E-state index contributed by atoms with van der Waals surface area (Å²) in [5.41, 5.74) is 0.813. The van der Waals surface area contributed by atoms with Crippen molar-refractivity contribution in [1.82, 2.24) is 0 Å². The van der Waals surface area contributed by atoms with E-state index in [0.29, 0.717) is 0 Å². The van der Waals surface area contributed by atoms with Gasteiger partial charge in [0.05, 0.1) is 6.26 Å². The maximum Gasteiger partial charge on any atom is 0.0784 e. The first kappa shape index (κ1) is 7.50. The van der Waals surface area contributed by atoms with Crippen molar-refractivity contribution in [3.05, 3.63) is 11.8 Å². The van der Waals surface area contributed by atoms with Crippen molar-refractivity contribution < 1.29 is 10.2 Å². The molecule has 0 spiro atoms. The molecule has 0 aliphatic rings. The summed E-state index contributed by atoms with van der Waals surface area (Å²) in [5.74, 6) is 0.0833. The summed E-state index contributed by atoms with van der Waals surface area (Å²) in [7, 11) is 0. The largest absolute Gasteiger partial charge is 0.516 e. The molecule has 2 heteroatoms. The Hall–Kier alpha value is -0.500. The minimum absolute atomic E-state index is 0.0833. The highest BCUT2D eigenvalue weighted by atomic mass is 16.3. The summed E-state index contributed by atoms with van der Waals surface area (Å²) >= 11 is 0. The van der Waals surface area contributed by atoms with Gasteiger partial charge in [-0.05, 0) is 12.5 Å². The molecule has 0 aromatic carbocycles. The highest BCUT2D eigenvalue weighted by Gasteiger charge is 1.99. The molecular weight excluding hydrogens is 104 g/mol. The molecule has 0 fully saturated rings. The van der Waals surface area contributed by atoms with Crippen molar-refractivity contribution >= 4 is 0 Å². The molecule has 0 rings (SSSR count). The van der Waals surface area contributed by atoms with Gasteiger partial charge in [0.15, 0.2) is 0 Å². The zero-order valence-electron chi connectivity index (χ0n) is 5.26. The summed E-state index contributed by atoms with van der Waals surface area (Å²) in [6, 6.07) is 0. The summed E-state index contributed by atoms with van der Waals surface area (Å²) in [6.07, 6.45) is 1.03. The highest BCUT2D eigenvalue weighted by molar-refractivity contribution is 4.96. The standard InChI is InChI=1S/C6H12O2/c1-5(3-7)6(2)4-8/h3,6-8H,4H2,1-2H3. The Morgan fingerprint density at radius 1 is 1.75 bits per heavy atom. The van der Waals surface area contributed by atoms with Crippen molar-refractivity contribution in [2.24, 2.45) is 5.92 Å². The van der Waals surface area contributed by atoms with Crippen molar-refractivity contribution in [1.29, 1.82) is 0 Å². The molecule has 0 aromatic heterocycles. The van der Waals surface area contributed by atoms with Gasteiger partial charge in [-0.25, -0.2) is 0 Å². The second-order valence-electron chi connectivity index (χ2n) is 1.96. The van der Waals surface area contributed by atoms with Crippen LogP contribution in [0.4, 0.5) is 0 Å². The van der Waals surface area contributed by atoms with Crippen LogP contribution in [0.3, 0.4) is 0 Å². The lowest BCUT2D eigenvalue weighted by atomic mass is 10.1. The van der Waals surface area contributed by atoms with E-state index in [4.69, 9.17) is 10.2 Å². The average molecular weight is 116 g/mol. The van der Waals surface area contributed by atoms with E-state index in [-0.39, 0.29) is 12.5 Å². The monoisotopic (exact) mass is 116 g/mol. The van der Waals surface area contributed by atoms with Crippen LogP contribution in [0.1, 0.15) is 13.8 Å². The first-order chi connectivity index (χ1) is 3.72. The van der Waals surface area contributed by atoms with E-state index in [1.165, 1.54) is 0 Å². The molecule has 8 heavy (non-hydrogen) atoms. The Balaban J connectivity index is 3.63. The van der Waals surface area contributed by atoms with Gasteiger partial charge in [-0.2, -0.15) is 0 Å². The zero-order chi connectivity index (χ0) is 6.57. The fourth-order valence-electron chi connectivity index (χ4n) is 0.271. The van der Waals surface area contributed by atoms with E-state index in [1.807, 2.05) is 6.92 Å². The first-order valence-electron chi connectivity index (χ1n) is 2.64. The molecule has 0 aromatic rings. The van der Waals surface area contributed by atoms with E-state index < -0.39 is 0 Å². The normalized spacial score (nSPS) is 16.1. The number of hydrogen-bond acceptors (Lipinski definition) is 2. The molecule has 48 valence electrons. The fourth-order valence-corrected chi connectivity index (χ4v) is 0.271. The lowest BCUT2D eigenvalue weighted by molar-refractivity contribution is 0.253. The molecule has 0 bridgehead atoms. The number of aliphatic hydroxyl groups excluding tert-OH is 2. The van der Waals surface area contributed by atoms with E-state index in [2.05, 4.69) is 0 Å². The van der Waals surface area contributed by atoms with Crippen LogP contribution in [0.2, 0.25) is 0 Å². The van der Waals surface area contributed by atoms with Gasteiger partial charge < -0.3 is 10.2 Å². The third-order valence-corrected chi connectivity index (χ3v) is 1.25. The maximum atomic E-state index is 8.48. The molecule has 2 N–H and O–H groups in total. The highest BCUT2D eigenvalue weighted by Crippen LogP contribution is 2.05. The topological polar surface area (TPSA) is 40.5 Å². The molecule has 0 amide bonds. The van der Waals surface area contributed by atoms with Gasteiger partial charge in [0.1, 0.15) is 0 Å². The molecule has 0 heterocycles. The average Bonchev–Trinajstić information content (AvgIpc) is 1.84. The van der Waals surface area contributed by atoms with Crippen LogP contribution >= 0.6 is 0 Å². The molecular formula is C6H12O2. The van der Waals surface area contributed by atoms with Gasteiger partial charge in [-0.3, -0.25) is 0 Å². The molecule has 0 saturated carbocycles. The maximum absolute atomic E-state index is 8.48. The SMILES string of the molecule is CC(=CO)C(C)CO. The van der Waals surface area contributed by atoms with Gasteiger partial charge >= 0.3 is 0 Å². The fraction of sp³-hybridized carbons (Fsp3) is 0.667. The molecule has 0 aliphatic heterocycles. The lowest BCUT2D eigenvalue weighted by Gasteiger charge is -2.04. The number of rotatable bonds is 2. The summed E-state index contributed by atoms with van der Waals surface area (Å²) < 4.78 is 0. The van der Waals surface area contributed by atoms with E-state index in [0.717, 1.165) is 11.8 Å². The minimum Gasteiger partial charge on any atom is -0.516 e. The zero-order valence-corrected chi connectivity index (χ0v) is 5.26. The lowest BCUT2D eigenvalue weighted by Crippen LogP contribution is -2.01. The van der Waals surface area contributed by atoms with Crippen LogP contribution in [-0.2, 0) is 0 Å². The van der Waals surface area contributed by atoms with Crippen molar-refractivity contribution in [2.45, 2.75) is 13.8 Å². The first-order valence-corrected chi connectivity index (χ1v) is 2.64. The molecule has 1 unspecified atom stereocenters. The van der Waals surface area contributed by atoms with Gasteiger partial charge in [0, 0.05) is 12.5 Å². The molecule has 1 atom stereocenters. The van der Waals surface area contributed by atoms with Crippen LogP contribution in [0.25, 0.3) is 0 Å². The smallest absolute Gasteiger partial charge is 0.0784 e. The Morgan fingerprint density at radius 2 is 2.25 bits per heavy atom. The third kappa shape index (κ3) is 1.98. The Bertz CT molecular complexity index is 86.5. The minimum atomic E-state index is 0.0833. The molecule has 0 aliphatic carbocycles. The molecule has 2 nitrogen and oxygen atoms in total. The second kappa shape index (κ2) is 3.50. The van der Waals surface area contributed by atoms with E-state index >= 15 is 0 Å². The van der Waals surface area contributed by atoms with Crippen LogP contribution < -0.4 is 0 Å². The molecule has 0 saturated heterocycles. The predicted molar refractivity (Wildman–Crippen MR) is 32.6 cm³/mol. The Labute approximate surface area is 49.5 Å². The van der Waals surface area contributed by atoms with Gasteiger partial charge in [0.2, 0.25) is 0 Å². The number of aliphatic hydroxyl groups is 2. The Kier molecular flexibility index (Phi) is 3.28. The third-order valence-electron chi connectivity index (χ3n) is 1.25. The summed E-state index contributed by atoms with van der Waals surface area (Å²) in [6.45, 7) is 3.73. The Morgan fingerprint density at radius 3 is 2.38 bits per heavy atom. The van der Waals surface area contributed by atoms with Crippen molar-refractivity contribution in [3.8, 4) is 0 Å². The molecule has 0 radical (unpaired) electrons. The number of hydrogen-bond donors (Lipinski definition) is 2. The second-order valence-corrected chi connectivity index (χ2v) is 1.96. The van der Waals surface area contributed by atoms with Crippen LogP contribution in [-0.4, -0.2) is 16.8 Å². The van der Waals surface area contributed by atoms with E-state index in [1.54, 1.807) is 6.92 Å². The van der Waals surface area contributed by atoms with Gasteiger partial charge in [0.25, 0.3) is 0 Å². The summed E-state index contributed by atoms with van der Waals surface area (Å²) in [4.78, 5) is 0. The quantitative estimate of drug-likeness (QED) is 0.530. The van der Waals surface area contributed by atoms with E-state index in [9.17, 15) is 0 Å². The van der Waals surface area contributed by atoms with Crippen LogP contribution in [0, 0.1) is 5.92 Å².